The quantitative estimate of drug-likeness (QED) is 0.468. The molecule has 2 aromatic rings. The van der Waals surface area contributed by atoms with E-state index in [2.05, 4.69) is 26.5 Å². The van der Waals surface area contributed by atoms with Gasteiger partial charge in [-0.3, -0.25) is 16.3 Å². The van der Waals surface area contributed by atoms with E-state index in [1.54, 1.807) is 18.3 Å². The van der Waals surface area contributed by atoms with E-state index in [4.69, 9.17) is 5.53 Å². The number of pyridine rings is 1. The van der Waals surface area contributed by atoms with Crippen molar-refractivity contribution < 1.29 is 0 Å². The second-order valence-corrected chi connectivity index (χ2v) is 3.24. The third-order valence-corrected chi connectivity index (χ3v) is 2.08. The molecule has 0 radical (unpaired) electrons. The Hall–Kier alpha value is -2.63. The number of nitrogens with zero attached hydrogens (tertiary/aromatic N) is 2. The minimum absolute atomic E-state index is 0.576. The first-order chi connectivity index (χ1) is 8.40. The van der Waals surface area contributed by atoms with Crippen molar-refractivity contribution in [2.45, 2.75) is 0 Å². The van der Waals surface area contributed by atoms with Gasteiger partial charge in [0, 0.05) is 6.20 Å². The van der Waals surface area contributed by atoms with Crippen LogP contribution in [0.5, 0.6) is 0 Å². The fourth-order valence-electron chi connectivity index (χ4n) is 1.31. The van der Waals surface area contributed by atoms with E-state index in [-0.39, 0.29) is 0 Å². The van der Waals surface area contributed by atoms with Gasteiger partial charge >= 0.3 is 0 Å². The Labute approximate surface area is 98.5 Å². The highest BCUT2D eigenvalue weighted by molar-refractivity contribution is 5.65. The number of hydrazine groups is 1. The Morgan fingerprint density at radius 1 is 1.00 bits per heavy atom. The molecule has 1 aromatic heterocycles. The number of para-hydroxylation sites is 1. The molecular formula is C11H12N6. The van der Waals surface area contributed by atoms with Crippen LogP contribution < -0.4 is 16.3 Å². The maximum Gasteiger partial charge on any atom is 0.170 e. The number of rotatable bonds is 5. The van der Waals surface area contributed by atoms with Gasteiger partial charge in [-0.25, -0.2) is 4.98 Å². The molecule has 0 aliphatic carbocycles. The molecule has 2 rings (SSSR count). The molecule has 17 heavy (non-hydrogen) atoms. The van der Waals surface area contributed by atoms with E-state index in [9.17, 15) is 0 Å². The first-order valence-corrected chi connectivity index (χ1v) is 5.05. The van der Waals surface area contributed by atoms with Gasteiger partial charge in [0.2, 0.25) is 0 Å². The Bertz CT molecular complexity index is 484. The molecule has 0 atom stereocenters. The molecule has 0 aliphatic rings. The monoisotopic (exact) mass is 228 g/mol. The van der Waals surface area contributed by atoms with E-state index in [1.165, 1.54) is 0 Å². The molecule has 4 N–H and O–H groups in total. The van der Waals surface area contributed by atoms with E-state index in [1.807, 2.05) is 30.3 Å². The van der Waals surface area contributed by atoms with Crippen molar-refractivity contribution in [2.75, 3.05) is 16.3 Å². The van der Waals surface area contributed by atoms with Crippen LogP contribution in [0, 0.1) is 5.53 Å². The summed E-state index contributed by atoms with van der Waals surface area (Å²) in [4.78, 5) is 4.13. The standard InChI is InChI=1S/C11H12N6/c12-17-15-10-7-4-8-13-11(10)16-14-9-5-2-1-3-6-9/h1-8,14H,(H2,12,15)(H,13,16). The Morgan fingerprint density at radius 2 is 1.82 bits per heavy atom. The van der Waals surface area contributed by atoms with Gasteiger partial charge in [0.25, 0.3) is 0 Å². The molecule has 0 unspecified atom stereocenters. The summed E-state index contributed by atoms with van der Waals surface area (Å²) in [7, 11) is 0. The predicted octanol–water partition coefficient (Wildman–Crippen LogP) is 2.88. The molecular weight excluding hydrogens is 216 g/mol. The highest BCUT2D eigenvalue weighted by Crippen LogP contribution is 2.18. The summed E-state index contributed by atoms with van der Waals surface area (Å²) in [5.41, 5.74) is 16.8. The number of anilines is 3. The molecule has 1 aromatic carbocycles. The van der Waals surface area contributed by atoms with Crippen LogP contribution in [0.15, 0.2) is 53.9 Å². The zero-order valence-electron chi connectivity index (χ0n) is 9.01. The lowest BCUT2D eigenvalue weighted by atomic mass is 10.3. The Balaban J connectivity index is 2.06. The first kappa shape index (κ1) is 10.9. The minimum Gasteiger partial charge on any atom is -0.300 e. The summed E-state index contributed by atoms with van der Waals surface area (Å²) < 4.78 is 0. The lowest BCUT2D eigenvalue weighted by molar-refractivity contribution is 1.05. The summed E-state index contributed by atoms with van der Waals surface area (Å²) in [6, 6.07) is 13.2. The third-order valence-electron chi connectivity index (χ3n) is 2.08. The fraction of sp³-hybridized carbons (Fsp3) is 0. The van der Waals surface area contributed by atoms with Crippen LogP contribution in [-0.4, -0.2) is 4.98 Å². The van der Waals surface area contributed by atoms with Crippen LogP contribution in [0.3, 0.4) is 0 Å². The van der Waals surface area contributed by atoms with Crippen molar-refractivity contribution in [1.29, 1.82) is 5.53 Å². The smallest absolute Gasteiger partial charge is 0.170 e. The van der Waals surface area contributed by atoms with E-state index >= 15 is 0 Å². The summed E-state index contributed by atoms with van der Waals surface area (Å²) in [6.45, 7) is 0. The highest BCUT2D eigenvalue weighted by atomic mass is 15.4. The van der Waals surface area contributed by atoms with Gasteiger partial charge < -0.3 is 0 Å². The van der Waals surface area contributed by atoms with Gasteiger partial charge in [-0.15, -0.1) is 0 Å². The number of nitrogens with one attached hydrogen (secondary N) is 4. The van der Waals surface area contributed by atoms with Gasteiger partial charge in [-0.1, -0.05) is 23.4 Å². The molecule has 0 bridgehead atoms. The Morgan fingerprint density at radius 3 is 2.59 bits per heavy atom. The maximum atomic E-state index is 6.77. The van der Waals surface area contributed by atoms with Crippen molar-refractivity contribution in [3.63, 3.8) is 0 Å². The summed E-state index contributed by atoms with van der Waals surface area (Å²) in [5, 5.41) is 3.11. The molecule has 6 nitrogen and oxygen atoms in total. The number of hydrogen-bond donors (Lipinski definition) is 4. The van der Waals surface area contributed by atoms with Crippen LogP contribution in [0.25, 0.3) is 0 Å². The number of benzene rings is 1. The average molecular weight is 228 g/mol. The van der Waals surface area contributed by atoms with Crippen molar-refractivity contribution in [3.8, 4) is 0 Å². The second kappa shape index (κ2) is 5.45. The van der Waals surface area contributed by atoms with E-state index in [0.717, 1.165) is 5.69 Å². The lowest BCUT2D eigenvalue weighted by Crippen LogP contribution is -2.11. The normalized spacial score (nSPS) is 9.41. The average Bonchev–Trinajstić information content (AvgIpc) is 2.39. The minimum atomic E-state index is 0.576. The molecule has 0 saturated carbocycles. The molecule has 6 heteroatoms. The van der Waals surface area contributed by atoms with Crippen LogP contribution in [-0.2, 0) is 0 Å². The van der Waals surface area contributed by atoms with E-state index in [0.29, 0.717) is 11.5 Å². The van der Waals surface area contributed by atoms with Gasteiger partial charge in [0.05, 0.1) is 5.69 Å². The topological polar surface area (TPSA) is 85.2 Å². The summed E-state index contributed by atoms with van der Waals surface area (Å²) in [6.07, 6.45) is 1.66. The molecule has 1 heterocycles. The number of aromatic nitrogens is 1. The molecule has 86 valence electrons. The lowest BCUT2D eigenvalue weighted by Gasteiger charge is -2.11. The molecule has 0 fully saturated rings. The molecule has 0 amide bonds. The van der Waals surface area contributed by atoms with Crippen LogP contribution in [0.2, 0.25) is 0 Å². The predicted molar refractivity (Wildman–Crippen MR) is 66.7 cm³/mol. The van der Waals surface area contributed by atoms with Gasteiger partial charge in [0.15, 0.2) is 5.82 Å². The zero-order chi connectivity index (χ0) is 11.9. The highest BCUT2D eigenvalue weighted by Gasteiger charge is 2.00. The van der Waals surface area contributed by atoms with Gasteiger partial charge in [-0.05, 0) is 24.3 Å². The second-order valence-electron chi connectivity index (χ2n) is 3.24. The van der Waals surface area contributed by atoms with Crippen LogP contribution in [0.1, 0.15) is 0 Å². The summed E-state index contributed by atoms with van der Waals surface area (Å²) >= 11 is 0. The molecule has 0 spiro atoms. The van der Waals surface area contributed by atoms with Gasteiger partial charge in [-0.2, -0.15) is 5.53 Å². The van der Waals surface area contributed by atoms with Crippen LogP contribution >= 0.6 is 0 Å². The van der Waals surface area contributed by atoms with Crippen molar-refractivity contribution in [3.05, 3.63) is 48.7 Å². The van der Waals surface area contributed by atoms with Crippen molar-refractivity contribution >= 4 is 17.2 Å². The molecule has 0 saturated heterocycles. The largest absolute Gasteiger partial charge is 0.300 e. The zero-order valence-corrected chi connectivity index (χ0v) is 9.01. The first-order valence-electron chi connectivity index (χ1n) is 5.05. The van der Waals surface area contributed by atoms with Crippen LogP contribution in [0.4, 0.5) is 17.2 Å². The van der Waals surface area contributed by atoms with Crippen molar-refractivity contribution in [1.82, 2.24) is 4.98 Å². The third kappa shape index (κ3) is 2.91. The SMILES string of the molecule is N=NNc1cccnc1NNc1ccccc1. The Kier molecular flexibility index (Phi) is 3.49. The van der Waals surface area contributed by atoms with E-state index < -0.39 is 0 Å². The van der Waals surface area contributed by atoms with Crippen molar-refractivity contribution in [2.24, 2.45) is 5.22 Å². The molecule has 0 aliphatic heterocycles. The fourth-order valence-corrected chi connectivity index (χ4v) is 1.31. The number of hydrogen-bond acceptors (Lipinski definition) is 5. The van der Waals surface area contributed by atoms with Gasteiger partial charge in [0.1, 0.15) is 5.69 Å². The summed E-state index contributed by atoms with van der Waals surface area (Å²) in [5.74, 6) is 0.576. The maximum absolute atomic E-state index is 6.77.